The maximum atomic E-state index is 12.9. The van der Waals surface area contributed by atoms with Gasteiger partial charge in [-0.3, -0.25) is 0 Å². The lowest BCUT2D eigenvalue weighted by Gasteiger charge is -2.13. The quantitative estimate of drug-likeness (QED) is 0.595. The Balaban J connectivity index is 2.23. The highest BCUT2D eigenvalue weighted by molar-refractivity contribution is 6.38. The van der Waals surface area contributed by atoms with Crippen LogP contribution in [0.3, 0.4) is 0 Å². The maximum Gasteiger partial charge on any atom is 0.416 e. The summed E-state index contributed by atoms with van der Waals surface area (Å²) in [6.07, 6.45) is -4.60. The van der Waals surface area contributed by atoms with Gasteiger partial charge in [-0.1, -0.05) is 53.0 Å². The van der Waals surface area contributed by atoms with Crippen LogP contribution in [0.1, 0.15) is 16.8 Å². The molecule has 0 radical (unpaired) electrons. The van der Waals surface area contributed by atoms with Gasteiger partial charge in [-0.25, -0.2) is 4.68 Å². The van der Waals surface area contributed by atoms with Crippen molar-refractivity contribution in [3.05, 3.63) is 63.3 Å². The Kier molecular flexibility index (Phi) is 4.81. The number of hydrogen-bond donors (Lipinski definition) is 1. The largest absolute Gasteiger partial charge is 0.416 e. The van der Waals surface area contributed by atoms with E-state index in [9.17, 15) is 18.4 Å². The number of alkyl halides is 3. The van der Waals surface area contributed by atoms with Crippen LogP contribution in [0.25, 0.3) is 16.8 Å². The van der Waals surface area contributed by atoms with E-state index < -0.39 is 11.7 Å². The first-order valence-corrected chi connectivity index (χ1v) is 8.31. The van der Waals surface area contributed by atoms with Gasteiger partial charge in [0.2, 0.25) is 0 Å². The molecule has 2 aromatic carbocycles. The second-order valence-corrected chi connectivity index (χ2v) is 6.60. The molecule has 3 aromatic rings. The standard InChI is InChI=1S/C18H11Cl2F3N4/c1-9-2-4-10(5-3-9)15-14(8-24)26-27(17(15)25)16-12(19)6-11(7-13(16)20)18(21,22)23/h2-7H,25H2,1H3. The van der Waals surface area contributed by atoms with Crippen LogP contribution >= 0.6 is 23.2 Å². The Hall–Kier alpha value is -2.69. The predicted octanol–water partition coefficient (Wildman–Crippen LogP) is 5.63. The van der Waals surface area contributed by atoms with Gasteiger partial charge >= 0.3 is 6.18 Å². The Morgan fingerprint density at radius 1 is 1.11 bits per heavy atom. The Bertz CT molecular complexity index is 1040. The average Bonchev–Trinajstić information content (AvgIpc) is 2.91. The molecule has 0 unspecified atom stereocenters. The maximum absolute atomic E-state index is 12.9. The topological polar surface area (TPSA) is 67.6 Å². The third kappa shape index (κ3) is 3.46. The van der Waals surface area contributed by atoms with Crippen molar-refractivity contribution in [2.45, 2.75) is 13.1 Å². The second-order valence-electron chi connectivity index (χ2n) is 5.78. The van der Waals surface area contributed by atoms with Gasteiger partial charge in [0.1, 0.15) is 17.6 Å². The third-order valence-corrected chi connectivity index (χ3v) is 4.50. The summed E-state index contributed by atoms with van der Waals surface area (Å²) in [5.41, 5.74) is 7.13. The third-order valence-electron chi connectivity index (χ3n) is 3.92. The number of hydrogen-bond acceptors (Lipinski definition) is 3. The molecule has 0 aliphatic heterocycles. The first kappa shape index (κ1) is 19.1. The van der Waals surface area contributed by atoms with Crippen molar-refractivity contribution in [2.24, 2.45) is 0 Å². The molecular formula is C18H11Cl2F3N4. The molecule has 138 valence electrons. The van der Waals surface area contributed by atoms with Crippen molar-refractivity contribution in [3.63, 3.8) is 0 Å². The van der Waals surface area contributed by atoms with Crippen molar-refractivity contribution in [3.8, 4) is 22.9 Å². The number of nitrogens with zero attached hydrogens (tertiary/aromatic N) is 3. The normalized spacial score (nSPS) is 11.4. The minimum absolute atomic E-state index is 0.00313. The lowest BCUT2D eigenvalue weighted by molar-refractivity contribution is -0.137. The second kappa shape index (κ2) is 6.80. The van der Waals surface area contributed by atoms with Crippen molar-refractivity contribution < 1.29 is 13.2 Å². The molecule has 0 aliphatic rings. The van der Waals surface area contributed by atoms with Crippen molar-refractivity contribution in [1.82, 2.24) is 9.78 Å². The van der Waals surface area contributed by atoms with Gasteiger partial charge in [0.15, 0.2) is 5.69 Å². The zero-order chi connectivity index (χ0) is 19.9. The highest BCUT2D eigenvalue weighted by Crippen LogP contribution is 2.40. The van der Waals surface area contributed by atoms with Gasteiger partial charge < -0.3 is 5.73 Å². The monoisotopic (exact) mass is 410 g/mol. The molecule has 27 heavy (non-hydrogen) atoms. The van der Waals surface area contributed by atoms with Crippen LogP contribution in [0, 0.1) is 18.3 Å². The Labute approximate surface area is 162 Å². The Morgan fingerprint density at radius 2 is 1.67 bits per heavy atom. The molecule has 0 saturated carbocycles. The number of nitrogens with two attached hydrogens (primary N) is 1. The lowest BCUT2D eigenvalue weighted by atomic mass is 10.0. The molecule has 9 heteroatoms. The SMILES string of the molecule is Cc1ccc(-c2c(C#N)nn(-c3c(Cl)cc(C(F)(F)F)cc3Cl)c2N)cc1. The fourth-order valence-corrected chi connectivity index (χ4v) is 3.26. The molecule has 0 spiro atoms. The molecular weight excluding hydrogens is 400 g/mol. The van der Waals surface area contributed by atoms with E-state index in [1.54, 1.807) is 12.1 Å². The zero-order valence-electron chi connectivity index (χ0n) is 13.8. The predicted molar refractivity (Wildman–Crippen MR) is 97.9 cm³/mol. The molecule has 0 saturated heterocycles. The van der Waals surface area contributed by atoms with E-state index in [-0.39, 0.29) is 27.2 Å². The summed E-state index contributed by atoms with van der Waals surface area (Å²) >= 11 is 12.1. The zero-order valence-corrected chi connectivity index (χ0v) is 15.3. The van der Waals surface area contributed by atoms with E-state index in [0.29, 0.717) is 11.1 Å². The minimum atomic E-state index is -4.60. The first-order chi connectivity index (χ1) is 12.6. The van der Waals surface area contributed by atoms with Crippen LogP contribution in [0.5, 0.6) is 0 Å². The summed E-state index contributed by atoms with van der Waals surface area (Å²) in [5.74, 6) is 0.0407. The number of halogens is 5. The highest BCUT2D eigenvalue weighted by atomic mass is 35.5. The molecule has 0 fully saturated rings. The molecule has 0 atom stereocenters. The molecule has 2 N–H and O–H groups in total. The summed E-state index contributed by atoms with van der Waals surface area (Å²) in [7, 11) is 0. The number of aromatic nitrogens is 2. The molecule has 0 aliphatic carbocycles. The van der Waals surface area contributed by atoms with E-state index >= 15 is 0 Å². The number of anilines is 1. The van der Waals surface area contributed by atoms with Gasteiger partial charge in [0.25, 0.3) is 0 Å². The van der Waals surface area contributed by atoms with E-state index in [0.717, 1.165) is 22.4 Å². The Morgan fingerprint density at radius 3 is 2.15 bits per heavy atom. The number of nitriles is 1. The number of benzene rings is 2. The van der Waals surface area contributed by atoms with E-state index in [1.165, 1.54) is 0 Å². The van der Waals surface area contributed by atoms with Crippen molar-refractivity contribution in [1.29, 1.82) is 5.26 Å². The van der Waals surface area contributed by atoms with Crippen molar-refractivity contribution in [2.75, 3.05) is 5.73 Å². The van der Waals surface area contributed by atoms with Crippen LogP contribution in [0.2, 0.25) is 10.0 Å². The molecule has 0 bridgehead atoms. The molecule has 0 amide bonds. The summed E-state index contributed by atoms with van der Waals surface area (Å²) in [6, 6.07) is 10.6. The van der Waals surface area contributed by atoms with E-state index in [2.05, 4.69) is 5.10 Å². The van der Waals surface area contributed by atoms with Crippen LogP contribution in [-0.2, 0) is 6.18 Å². The van der Waals surface area contributed by atoms with Crippen LogP contribution < -0.4 is 5.73 Å². The molecule has 3 rings (SSSR count). The summed E-state index contributed by atoms with van der Waals surface area (Å²) in [5, 5.41) is 12.9. The van der Waals surface area contributed by atoms with Crippen molar-refractivity contribution >= 4 is 29.0 Å². The van der Waals surface area contributed by atoms with Gasteiger partial charge in [-0.15, -0.1) is 0 Å². The van der Waals surface area contributed by atoms with Crippen LogP contribution in [0.4, 0.5) is 19.0 Å². The average molecular weight is 411 g/mol. The number of nitrogen functional groups attached to an aromatic ring is 1. The number of aryl methyl sites for hydroxylation is 1. The van der Waals surface area contributed by atoms with Crippen LogP contribution in [-0.4, -0.2) is 9.78 Å². The number of rotatable bonds is 2. The smallest absolute Gasteiger partial charge is 0.383 e. The van der Waals surface area contributed by atoms with Gasteiger partial charge in [-0.2, -0.15) is 23.5 Å². The van der Waals surface area contributed by atoms with Crippen LogP contribution in [0.15, 0.2) is 36.4 Å². The summed E-state index contributed by atoms with van der Waals surface area (Å²) in [4.78, 5) is 0. The summed E-state index contributed by atoms with van der Waals surface area (Å²) < 4.78 is 39.9. The van der Waals surface area contributed by atoms with Gasteiger partial charge in [0, 0.05) is 0 Å². The lowest BCUT2D eigenvalue weighted by Crippen LogP contribution is -2.08. The molecule has 1 heterocycles. The fourth-order valence-electron chi connectivity index (χ4n) is 2.62. The fraction of sp³-hybridized carbons (Fsp3) is 0.111. The van der Waals surface area contributed by atoms with Gasteiger partial charge in [-0.05, 0) is 24.6 Å². The summed E-state index contributed by atoms with van der Waals surface area (Å²) in [6.45, 7) is 1.91. The first-order valence-electron chi connectivity index (χ1n) is 7.55. The van der Waals surface area contributed by atoms with E-state index in [4.69, 9.17) is 28.9 Å². The minimum Gasteiger partial charge on any atom is -0.383 e. The molecule has 1 aromatic heterocycles. The molecule has 4 nitrogen and oxygen atoms in total. The van der Waals surface area contributed by atoms with E-state index in [1.807, 2.05) is 25.1 Å². The highest BCUT2D eigenvalue weighted by Gasteiger charge is 2.33. The van der Waals surface area contributed by atoms with Gasteiger partial charge in [0.05, 0.1) is 21.2 Å².